The fourth-order valence-corrected chi connectivity index (χ4v) is 1.89. The molecule has 5 nitrogen and oxygen atoms in total. The molecule has 1 amide bonds. The topological polar surface area (TPSA) is 84.6 Å². The molecule has 1 aromatic rings. The van der Waals surface area contributed by atoms with Gasteiger partial charge in [-0.1, -0.05) is 19.8 Å². The van der Waals surface area contributed by atoms with E-state index in [-0.39, 0.29) is 18.6 Å². The normalized spacial score (nSPS) is 11.9. The number of amides is 1. The number of rotatable bonds is 8. The van der Waals surface area contributed by atoms with Gasteiger partial charge in [-0.2, -0.15) is 0 Å². The van der Waals surface area contributed by atoms with Gasteiger partial charge in [0.05, 0.1) is 13.7 Å². The van der Waals surface area contributed by atoms with E-state index < -0.39 is 0 Å². The van der Waals surface area contributed by atoms with Crippen molar-refractivity contribution in [2.75, 3.05) is 12.4 Å². The number of carbonyl (C=O) groups is 1. The maximum absolute atomic E-state index is 11.4. The number of hydrogen-bond acceptors (Lipinski definition) is 4. The van der Waals surface area contributed by atoms with Gasteiger partial charge in [0, 0.05) is 11.3 Å². The van der Waals surface area contributed by atoms with Gasteiger partial charge in [0.1, 0.15) is 11.8 Å². The Kier molecular flexibility index (Phi) is 6.15. The molecular weight excluding hydrogens is 244 g/mol. The highest BCUT2D eigenvalue weighted by atomic mass is 16.5. The van der Waals surface area contributed by atoms with Crippen molar-refractivity contribution in [3.8, 4) is 5.75 Å². The molecule has 106 valence electrons. The molecule has 19 heavy (non-hydrogen) atoms. The molecule has 0 aromatic heterocycles. The van der Waals surface area contributed by atoms with E-state index in [1.165, 1.54) is 0 Å². The average Bonchev–Trinajstić information content (AvgIpc) is 2.42. The number of anilines is 1. The minimum atomic E-state index is -0.389. The van der Waals surface area contributed by atoms with Crippen LogP contribution in [0.15, 0.2) is 18.2 Å². The van der Waals surface area contributed by atoms with E-state index in [1.54, 1.807) is 25.3 Å². The summed E-state index contributed by atoms with van der Waals surface area (Å²) in [5, 5.41) is 12.4. The second-order valence-electron chi connectivity index (χ2n) is 4.43. The Labute approximate surface area is 113 Å². The Morgan fingerprint density at radius 1 is 1.53 bits per heavy atom. The lowest BCUT2D eigenvalue weighted by Crippen LogP contribution is -2.35. The SMILES string of the molecule is CCCCC(Nc1ccc(OC)c(CO)c1)C(N)=O. The number of unbranched alkanes of at least 4 members (excludes halogenated alkanes) is 1. The van der Waals surface area contributed by atoms with Crippen LogP contribution < -0.4 is 15.8 Å². The summed E-state index contributed by atoms with van der Waals surface area (Å²) in [4.78, 5) is 11.4. The summed E-state index contributed by atoms with van der Waals surface area (Å²) in [7, 11) is 1.55. The first kappa shape index (κ1) is 15.3. The van der Waals surface area contributed by atoms with Crippen LogP contribution >= 0.6 is 0 Å². The van der Waals surface area contributed by atoms with Gasteiger partial charge in [0.25, 0.3) is 0 Å². The average molecular weight is 266 g/mol. The maximum atomic E-state index is 11.4. The van der Waals surface area contributed by atoms with E-state index in [0.29, 0.717) is 17.7 Å². The van der Waals surface area contributed by atoms with E-state index in [0.717, 1.165) is 18.5 Å². The standard InChI is InChI=1S/C14H22N2O3/c1-3-4-5-12(14(15)18)16-11-6-7-13(19-2)10(8-11)9-17/h6-8,12,16-17H,3-5,9H2,1-2H3,(H2,15,18). The fourth-order valence-electron chi connectivity index (χ4n) is 1.89. The summed E-state index contributed by atoms with van der Waals surface area (Å²) in [6.07, 6.45) is 2.64. The summed E-state index contributed by atoms with van der Waals surface area (Å²) in [6, 6.07) is 4.94. The molecule has 0 aliphatic rings. The molecule has 0 heterocycles. The van der Waals surface area contributed by atoms with Gasteiger partial charge in [0.15, 0.2) is 0 Å². The molecule has 0 aliphatic carbocycles. The summed E-state index contributed by atoms with van der Waals surface area (Å²) in [6.45, 7) is 1.95. The number of carbonyl (C=O) groups excluding carboxylic acids is 1. The number of ether oxygens (including phenoxy) is 1. The highest BCUT2D eigenvalue weighted by Gasteiger charge is 2.15. The Morgan fingerprint density at radius 2 is 2.26 bits per heavy atom. The van der Waals surface area contributed by atoms with Crippen molar-refractivity contribution in [3.63, 3.8) is 0 Å². The molecule has 0 saturated heterocycles. The molecule has 0 bridgehead atoms. The Balaban J connectivity index is 2.81. The zero-order valence-corrected chi connectivity index (χ0v) is 11.5. The molecule has 4 N–H and O–H groups in total. The molecule has 0 spiro atoms. The summed E-state index contributed by atoms with van der Waals surface area (Å²) < 4.78 is 5.13. The molecule has 0 radical (unpaired) electrons. The molecule has 0 aliphatic heterocycles. The highest BCUT2D eigenvalue weighted by Crippen LogP contribution is 2.23. The van der Waals surface area contributed by atoms with Crippen LogP contribution in [0.1, 0.15) is 31.7 Å². The van der Waals surface area contributed by atoms with E-state index in [2.05, 4.69) is 12.2 Å². The van der Waals surface area contributed by atoms with Gasteiger partial charge >= 0.3 is 0 Å². The van der Waals surface area contributed by atoms with Crippen molar-refractivity contribution in [3.05, 3.63) is 23.8 Å². The van der Waals surface area contributed by atoms with Crippen LogP contribution in [-0.4, -0.2) is 24.2 Å². The molecule has 1 unspecified atom stereocenters. The number of hydrogen-bond donors (Lipinski definition) is 3. The monoisotopic (exact) mass is 266 g/mol. The number of aliphatic hydroxyl groups excluding tert-OH is 1. The van der Waals surface area contributed by atoms with Gasteiger partial charge in [-0.15, -0.1) is 0 Å². The highest BCUT2D eigenvalue weighted by molar-refractivity contribution is 5.83. The first-order valence-corrected chi connectivity index (χ1v) is 6.46. The minimum absolute atomic E-state index is 0.116. The predicted molar refractivity (Wildman–Crippen MR) is 75.0 cm³/mol. The lowest BCUT2D eigenvalue weighted by molar-refractivity contribution is -0.118. The van der Waals surface area contributed by atoms with E-state index >= 15 is 0 Å². The first-order chi connectivity index (χ1) is 9.12. The maximum Gasteiger partial charge on any atom is 0.239 e. The molecule has 0 fully saturated rings. The zero-order chi connectivity index (χ0) is 14.3. The number of nitrogens with two attached hydrogens (primary N) is 1. The van der Waals surface area contributed by atoms with Crippen LogP contribution in [0.3, 0.4) is 0 Å². The van der Waals surface area contributed by atoms with E-state index in [4.69, 9.17) is 10.5 Å². The van der Waals surface area contributed by atoms with E-state index in [1.807, 2.05) is 0 Å². The van der Waals surface area contributed by atoms with Crippen molar-refractivity contribution < 1.29 is 14.6 Å². The largest absolute Gasteiger partial charge is 0.496 e. The van der Waals surface area contributed by atoms with Crippen molar-refractivity contribution in [1.29, 1.82) is 0 Å². The lowest BCUT2D eigenvalue weighted by atomic mass is 10.1. The van der Waals surface area contributed by atoms with Gasteiger partial charge in [0.2, 0.25) is 5.91 Å². The Morgan fingerprint density at radius 3 is 2.79 bits per heavy atom. The van der Waals surface area contributed by atoms with Crippen molar-refractivity contribution in [2.45, 2.75) is 38.8 Å². The van der Waals surface area contributed by atoms with Crippen LogP contribution in [0.2, 0.25) is 0 Å². The fraction of sp³-hybridized carbons (Fsp3) is 0.500. The van der Waals surface area contributed by atoms with Gasteiger partial charge in [-0.3, -0.25) is 4.79 Å². The molecular formula is C14H22N2O3. The number of nitrogens with one attached hydrogen (secondary N) is 1. The van der Waals surface area contributed by atoms with Crippen LogP contribution in [0.25, 0.3) is 0 Å². The van der Waals surface area contributed by atoms with Crippen molar-refractivity contribution in [1.82, 2.24) is 0 Å². The third-order valence-corrected chi connectivity index (χ3v) is 2.98. The number of benzene rings is 1. The van der Waals surface area contributed by atoms with Crippen LogP contribution in [-0.2, 0) is 11.4 Å². The van der Waals surface area contributed by atoms with Gasteiger partial charge < -0.3 is 20.9 Å². The van der Waals surface area contributed by atoms with Crippen LogP contribution in [0.5, 0.6) is 5.75 Å². The lowest BCUT2D eigenvalue weighted by Gasteiger charge is -2.17. The van der Waals surface area contributed by atoms with E-state index in [9.17, 15) is 9.90 Å². The number of aliphatic hydroxyl groups is 1. The number of methoxy groups -OCH3 is 1. The smallest absolute Gasteiger partial charge is 0.239 e. The molecule has 1 aromatic carbocycles. The van der Waals surface area contributed by atoms with Crippen LogP contribution in [0, 0.1) is 0 Å². The summed E-state index contributed by atoms with van der Waals surface area (Å²) in [5.74, 6) is 0.257. The van der Waals surface area contributed by atoms with Gasteiger partial charge in [-0.25, -0.2) is 0 Å². The summed E-state index contributed by atoms with van der Waals surface area (Å²) in [5.41, 5.74) is 6.80. The molecule has 0 saturated carbocycles. The molecule has 1 atom stereocenters. The van der Waals surface area contributed by atoms with Gasteiger partial charge in [-0.05, 0) is 24.6 Å². The van der Waals surface area contributed by atoms with Crippen molar-refractivity contribution >= 4 is 11.6 Å². The Hall–Kier alpha value is -1.75. The quantitative estimate of drug-likeness (QED) is 0.668. The minimum Gasteiger partial charge on any atom is -0.496 e. The first-order valence-electron chi connectivity index (χ1n) is 6.46. The summed E-state index contributed by atoms with van der Waals surface area (Å²) >= 11 is 0. The molecule has 5 heteroatoms. The second-order valence-corrected chi connectivity index (χ2v) is 4.43. The third-order valence-electron chi connectivity index (χ3n) is 2.98. The van der Waals surface area contributed by atoms with Crippen molar-refractivity contribution in [2.24, 2.45) is 5.73 Å². The second kappa shape index (κ2) is 7.63. The number of primary amides is 1. The zero-order valence-electron chi connectivity index (χ0n) is 11.5. The Bertz CT molecular complexity index is 421. The predicted octanol–water partition coefficient (Wildman–Crippen LogP) is 1.64. The third kappa shape index (κ3) is 4.44. The van der Waals surface area contributed by atoms with Crippen LogP contribution in [0.4, 0.5) is 5.69 Å². The molecule has 1 rings (SSSR count).